The van der Waals surface area contributed by atoms with Gasteiger partial charge in [0.2, 0.25) is 5.95 Å². The maximum absolute atomic E-state index is 13.8. The molecular formula is C21H21FN2O. The molecule has 0 bridgehead atoms. The van der Waals surface area contributed by atoms with Gasteiger partial charge >= 0.3 is 0 Å². The number of benzene rings is 2. The number of aromatic nitrogens is 2. The molecule has 1 aliphatic rings. The fourth-order valence-electron chi connectivity index (χ4n) is 3.35. The summed E-state index contributed by atoms with van der Waals surface area (Å²) in [4.78, 5) is 0. The Kier molecular flexibility index (Phi) is 4.26. The summed E-state index contributed by atoms with van der Waals surface area (Å²) < 4.78 is 19.5. The van der Waals surface area contributed by atoms with Crippen LogP contribution in [0, 0.1) is 11.9 Å². The van der Waals surface area contributed by atoms with E-state index in [0.29, 0.717) is 23.4 Å². The lowest BCUT2D eigenvalue weighted by atomic mass is 9.76. The van der Waals surface area contributed by atoms with E-state index in [2.05, 4.69) is 28.4 Å². The second-order valence-electron chi connectivity index (χ2n) is 6.50. The number of ether oxygens (including phenoxy) is 1. The predicted octanol–water partition coefficient (Wildman–Crippen LogP) is 5.44. The number of aromatic amines is 1. The van der Waals surface area contributed by atoms with Crippen LogP contribution in [0.2, 0.25) is 0 Å². The molecule has 1 fully saturated rings. The van der Waals surface area contributed by atoms with E-state index < -0.39 is 0 Å². The zero-order chi connectivity index (χ0) is 17.2. The Balaban J connectivity index is 1.76. The summed E-state index contributed by atoms with van der Waals surface area (Å²) in [5, 5.41) is 6.89. The second kappa shape index (κ2) is 6.71. The quantitative estimate of drug-likeness (QED) is 0.630. The smallest absolute Gasteiger partial charge is 0.216 e. The number of allylic oxidation sites excluding steroid dienone is 1. The van der Waals surface area contributed by atoms with E-state index in [1.807, 2.05) is 37.3 Å². The van der Waals surface area contributed by atoms with Gasteiger partial charge in [-0.25, -0.2) is 0 Å². The first-order valence-electron chi connectivity index (χ1n) is 8.83. The summed E-state index contributed by atoms with van der Waals surface area (Å²) in [6, 6.07) is 14.0. The molecular weight excluding hydrogens is 315 g/mol. The standard InChI is InChI=1S/C21H21FN2O/c1-2-25-17-8-4-7-16(13-17)18(15-5-3-6-15)11-14-9-10-20-19(12-14)21(22)24-23-20/h4,7-13,15H,2-3,5-6H2,1H3,(H,23,24)/b18-11+. The minimum Gasteiger partial charge on any atom is -0.494 e. The highest BCUT2D eigenvalue weighted by atomic mass is 19.1. The van der Waals surface area contributed by atoms with Gasteiger partial charge in [-0.05, 0) is 66.6 Å². The summed E-state index contributed by atoms with van der Waals surface area (Å²) in [7, 11) is 0. The molecule has 0 atom stereocenters. The maximum Gasteiger partial charge on any atom is 0.216 e. The Morgan fingerprint density at radius 3 is 2.92 bits per heavy atom. The van der Waals surface area contributed by atoms with Crippen molar-refractivity contribution in [1.29, 1.82) is 0 Å². The van der Waals surface area contributed by atoms with Crippen molar-refractivity contribution in [3.05, 3.63) is 59.5 Å². The molecule has 0 saturated heterocycles. The molecule has 0 spiro atoms. The first-order valence-corrected chi connectivity index (χ1v) is 8.83. The van der Waals surface area contributed by atoms with Gasteiger partial charge in [0.05, 0.1) is 17.5 Å². The highest BCUT2D eigenvalue weighted by molar-refractivity contribution is 5.87. The Hall–Kier alpha value is -2.62. The number of nitrogens with one attached hydrogen (secondary N) is 1. The molecule has 25 heavy (non-hydrogen) atoms. The summed E-state index contributed by atoms with van der Waals surface area (Å²) in [6.45, 7) is 2.65. The van der Waals surface area contributed by atoms with Gasteiger partial charge in [-0.1, -0.05) is 30.7 Å². The summed E-state index contributed by atoms with van der Waals surface area (Å²) in [5.41, 5.74) is 4.13. The molecule has 1 saturated carbocycles. The molecule has 3 aromatic rings. The number of H-pyrrole nitrogens is 1. The lowest BCUT2D eigenvalue weighted by Gasteiger charge is -2.29. The maximum atomic E-state index is 13.8. The third-order valence-electron chi connectivity index (χ3n) is 4.88. The lowest BCUT2D eigenvalue weighted by Crippen LogP contribution is -2.13. The lowest BCUT2D eigenvalue weighted by molar-refractivity contribution is 0.340. The molecule has 3 nitrogen and oxygen atoms in total. The van der Waals surface area contributed by atoms with Crippen LogP contribution in [0.4, 0.5) is 4.39 Å². The third-order valence-corrected chi connectivity index (χ3v) is 4.88. The molecule has 128 valence electrons. The highest BCUT2D eigenvalue weighted by Crippen LogP contribution is 2.40. The minimum absolute atomic E-state index is 0.381. The first kappa shape index (κ1) is 15.9. The van der Waals surface area contributed by atoms with E-state index in [1.54, 1.807) is 0 Å². The van der Waals surface area contributed by atoms with E-state index in [9.17, 15) is 4.39 Å². The van der Waals surface area contributed by atoms with Gasteiger partial charge in [-0.3, -0.25) is 5.10 Å². The fourth-order valence-corrected chi connectivity index (χ4v) is 3.35. The molecule has 4 rings (SSSR count). The Labute approximate surface area is 146 Å². The first-order chi connectivity index (χ1) is 12.2. The SMILES string of the molecule is CCOc1cccc(/C(=C/c2ccc3n[nH]c(F)c3c2)C2CCC2)c1. The fraction of sp³-hybridized carbons (Fsp3) is 0.286. The van der Waals surface area contributed by atoms with Crippen LogP contribution in [0.5, 0.6) is 5.75 Å². The Morgan fingerprint density at radius 1 is 1.28 bits per heavy atom. The average molecular weight is 336 g/mol. The summed E-state index contributed by atoms with van der Waals surface area (Å²) in [6.07, 6.45) is 5.85. The van der Waals surface area contributed by atoms with Crippen LogP contribution in [0.15, 0.2) is 42.5 Å². The monoisotopic (exact) mass is 336 g/mol. The molecule has 1 N–H and O–H groups in total. The zero-order valence-corrected chi connectivity index (χ0v) is 14.3. The van der Waals surface area contributed by atoms with Gasteiger partial charge in [0, 0.05) is 0 Å². The Bertz CT molecular complexity index is 925. The number of hydrogen-bond donors (Lipinski definition) is 1. The van der Waals surface area contributed by atoms with E-state index in [1.165, 1.54) is 30.4 Å². The van der Waals surface area contributed by atoms with Gasteiger partial charge < -0.3 is 4.74 Å². The normalized spacial score (nSPS) is 15.4. The van der Waals surface area contributed by atoms with Crippen molar-refractivity contribution < 1.29 is 9.13 Å². The molecule has 0 radical (unpaired) electrons. The van der Waals surface area contributed by atoms with Crippen LogP contribution < -0.4 is 4.74 Å². The summed E-state index contributed by atoms with van der Waals surface area (Å²) >= 11 is 0. The number of nitrogens with zero attached hydrogens (tertiary/aromatic N) is 1. The highest BCUT2D eigenvalue weighted by Gasteiger charge is 2.23. The van der Waals surface area contributed by atoms with Crippen LogP contribution in [0.25, 0.3) is 22.6 Å². The van der Waals surface area contributed by atoms with Crippen LogP contribution in [-0.4, -0.2) is 16.8 Å². The molecule has 0 unspecified atom stereocenters. The van der Waals surface area contributed by atoms with Crippen LogP contribution >= 0.6 is 0 Å². The van der Waals surface area contributed by atoms with Crippen molar-refractivity contribution in [3.63, 3.8) is 0 Å². The number of rotatable bonds is 5. The van der Waals surface area contributed by atoms with Crippen molar-refractivity contribution in [2.75, 3.05) is 6.61 Å². The van der Waals surface area contributed by atoms with Gasteiger partial charge in [-0.15, -0.1) is 0 Å². The topological polar surface area (TPSA) is 37.9 Å². The van der Waals surface area contributed by atoms with Gasteiger partial charge in [0.25, 0.3) is 0 Å². The van der Waals surface area contributed by atoms with Gasteiger partial charge in [-0.2, -0.15) is 9.49 Å². The van der Waals surface area contributed by atoms with Crippen molar-refractivity contribution >= 4 is 22.6 Å². The van der Waals surface area contributed by atoms with Crippen LogP contribution in [-0.2, 0) is 0 Å². The molecule has 0 amide bonds. The molecule has 1 aliphatic carbocycles. The molecule has 4 heteroatoms. The van der Waals surface area contributed by atoms with E-state index >= 15 is 0 Å². The van der Waals surface area contributed by atoms with E-state index in [4.69, 9.17) is 4.74 Å². The number of fused-ring (bicyclic) bond motifs is 1. The van der Waals surface area contributed by atoms with Gasteiger partial charge in [0.1, 0.15) is 5.75 Å². The van der Waals surface area contributed by atoms with E-state index in [0.717, 1.165) is 11.3 Å². The summed E-state index contributed by atoms with van der Waals surface area (Å²) in [5.74, 6) is 1.07. The minimum atomic E-state index is -0.381. The van der Waals surface area contributed by atoms with Gasteiger partial charge in [0.15, 0.2) is 0 Å². The Morgan fingerprint density at radius 2 is 2.16 bits per heavy atom. The molecule has 0 aliphatic heterocycles. The van der Waals surface area contributed by atoms with Crippen LogP contribution in [0.3, 0.4) is 0 Å². The van der Waals surface area contributed by atoms with Crippen molar-refractivity contribution in [1.82, 2.24) is 10.2 Å². The molecule has 1 aromatic heterocycles. The molecule has 2 aromatic carbocycles. The average Bonchev–Trinajstić information content (AvgIpc) is 2.94. The number of hydrogen-bond acceptors (Lipinski definition) is 2. The largest absolute Gasteiger partial charge is 0.494 e. The third kappa shape index (κ3) is 3.16. The molecule has 1 heterocycles. The van der Waals surface area contributed by atoms with Crippen molar-refractivity contribution in [2.24, 2.45) is 5.92 Å². The van der Waals surface area contributed by atoms with Crippen LogP contribution in [0.1, 0.15) is 37.3 Å². The number of halogens is 1. The second-order valence-corrected chi connectivity index (χ2v) is 6.50. The van der Waals surface area contributed by atoms with E-state index in [-0.39, 0.29) is 5.95 Å². The van der Waals surface area contributed by atoms with Crippen molar-refractivity contribution in [3.8, 4) is 5.75 Å². The van der Waals surface area contributed by atoms with Crippen molar-refractivity contribution in [2.45, 2.75) is 26.2 Å². The predicted molar refractivity (Wildman–Crippen MR) is 98.9 cm³/mol. The zero-order valence-electron chi connectivity index (χ0n) is 14.3.